The summed E-state index contributed by atoms with van der Waals surface area (Å²) in [7, 11) is 0. The molecule has 0 fully saturated rings. The quantitative estimate of drug-likeness (QED) is 0.860. The molecular weight excluding hydrogens is 224 g/mol. The summed E-state index contributed by atoms with van der Waals surface area (Å²) in [4.78, 5) is 7.22. The average molecular weight is 239 g/mol. The molecule has 17 heavy (non-hydrogen) atoms. The smallest absolute Gasteiger partial charge is 0.161 e. The largest absolute Gasteiger partial charge is 0.342 e. The van der Waals surface area contributed by atoms with Crippen LogP contribution >= 0.6 is 0 Å². The van der Waals surface area contributed by atoms with Crippen molar-refractivity contribution in [1.82, 2.24) is 9.97 Å². The SMILES string of the molecule is CCC(CN)Cc1nc2cc(F)c(F)cc2[nH]1. The van der Waals surface area contributed by atoms with Crippen LogP contribution in [0, 0.1) is 17.6 Å². The fourth-order valence-electron chi connectivity index (χ4n) is 1.82. The molecule has 2 rings (SSSR count). The number of aromatic amines is 1. The van der Waals surface area contributed by atoms with Crippen LogP contribution in [0.4, 0.5) is 8.78 Å². The molecule has 3 N–H and O–H groups in total. The number of hydrogen-bond donors (Lipinski definition) is 2. The normalized spacial score (nSPS) is 13.2. The van der Waals surface area contributed by atoms with Crippen molar-refractivity contribution in [3.63, 3.8) is 0 Å². The predicted molar refractivity (Wildman–Crippen MR) is 62.5 cm³/mol. The Kier molecular flexibility index (Phi) is 3.38. The summed E-state index contributed by atoms with van der Waals surface area (Å²) in [6, 6.07) is 2.23. The van der Waals surface area contributed by atoms with Gasteiger partial charge in [0.1, 0.15) is 5.82 Å². The maximum Gasteiger partial charge on any atom is 0.161 e. The van der Waals surface area contributed by atoms with Crippen LogP contribution in [0.1, 0.15) is 19.2 Å². The van der Waals surface area contributed by atoms with E-state index in [4.69, 9.17) is 5.73 Å². The first-order valence-corrected chi connectivity index (χ1v) is 5.67. The summed E-state index contributed by atoms with van der Waals surface area (Å²) in [5, 5.41) is 0. The molecule has 0 bridgehead atoms. The van der Waals surface area contributed by atoms with Gasteiger partial charge in [-0.2, -0.15) is 0 Å². The Hall–Kier alpha value is -1.49. The minimum Gasteiger partial charge on any atom is -0.342 e. The lowest BCUT2D eigenvalue weighted by Crippen LogP contribution is -2.16. The lowest BCUT2D eigenvalue weighted by Gasteiger charge is -2.08. The molecule has 1 aromatic heterocycles. The first-order chi connectivity index (χ1) is 8.13. The second kappa shape index (κ2) is 4.79. The van der Waals surface area contributed by atoms with Crippen LogP contribution in [0.3, 0.4) is 0 Å². The van der Waals surface area contributed by atoms with Crippen molar-refractivity contribution >= 4 is 11.0 Å². The highest BCUT2D eigenvalue weighted by Crippen LogP contribution is 2.18. The summed E-state index contributed by atoms with van der Waals surface area (Å²) in [6.07, 6.45) is 1.65. The van der Waals surface area contributed by atoms with Gasteiger partial charge in [-0.05, 0) is 12.5 Å². The Morgan fingerprint density at radius 2 is 2.06 bits per heavy atom. The van der Waals surface area contributed by atoms with Gasteiger partial charge in [-0.25, -0.2) is 13.8 Å². The molecule has 0 aliphatic heterocycles. The molecule has 2 aromatic rings. The van der Waals surface area contributed by atoms with Crippen LogP contribution < -0.4 is 5.73 Å². The molecule has 1 atom stereocenters. The van der Waals surface area contributed by atoms with Crippen molar-refractivity contribution in [2.75, 3.05) is 6.54 Å². The standard InChI is InChI=1S/C12H15F2N3/c1-2-7(6-15)3-12-16-10-4-8(13)9(14)5-11(10)17-12/h4-5,7H,2-3,6,15H2,1H3,(H,16,17). The van der Waals surface area contributed by atoms with Gasteiger partial charge in [-0.3, -0.25) is 0 Å². The maximum absolute atomic E-state index is 13.0. The van der Waals surface area contributed by atoms with E-state index in [0.29, 0.717) is 29.9 Å². The highest BCUT2D eigenvalue weighted by Gasteiger charge is 2.11. The Bertz CT molecular complexity index is 479. The lowest BCUT2D eigenvalue weighted by atomic mass is 10.0. The van der Waals surface area contributed by atoms with Crippen LogP contribution in [-0.2, 0) is 6.42 Å². The first kappa shape index (κ1) is 12.0. The number of fused-ring (bicyclic) bond motifs is 1. The van der Waals surface area contributed by atoms with E-state index in [1.807, 2.05) is 0 Å². The monoisotopic (exact) mass is 239 g/mol. The third-order valence-corrected chi connectivity index (χ3v) is 2.97. The number of H-pyrrole nitrogens is 1. The van der Waals surface area contributed by atoms with Gasteiger partial charge >= 0.3 is 0 Å². The molecule has 0 aliphatic rings. The van der Waals surface area contributed by atoms with Crippen molar-refractivity contribution < 1.29 is 8.78 Å². The average Bonchev–Trinajstić information content (AvgIpc) is 2.68. The summed E-state index contributed by atoms with van der Waals surface area (Å²) in [6.45, 7) is 2.63. The van der Waals surface area contributed by atoms with E-state index in [1.165, 1.54) is 0 Å². The van der Waals surface area contributed by atoms with Crippen molar-refractivity contribution in [1.29, 1.82) is 0 Å². The highest BCUT2D eigenvalue weighted by atomic mass is 19.2. The van der Waals surface area contributed by atoms with Gasteiger partial charge < -0.3 is 10.7 Å². The number of imidazole rings is 1. The number of rotatable bonds is 4. The summed E-state index contributed by atoms with van der Waals surface area (Å²) >= 11 is 0. The fourth-order valence-corrected chi connectivity index (χ4v) is 1.82. The van der Waals surface area contributed by atoms with Crippen LogP contribution in [0.25, 0.3) is 11.0 Å². The van der Waals surface area contributed by atoms with Gasteiger partial charge in [0.05, 0.1) is 11.0 Å². The van der Waals surface area contributed by atoms with Crippen molar-refractivity contribution in [2.45, 2.75) is 19.8 Å². The van der Waals surface area contributed by atoms with Crippen molar-refractivity contribution in [3.8, 4) is 0 Å². The molecule has 0 spiro atoms. The summed E-state index contributed by atoms with van der Waals surface area (Å²) in [5.41, 5.74) is 6.58. The molecule has 1 aromatic carbocycles. The lowest BCUT2D eigenvalue weighted by molar-refractivity contribution is 0.508. The van der Waals surface area contributed by atoms with E-state index in [-0.39, 0.29) is 0 Å². The van der Waals surface area contributed by atoms with Crippen LogP contribution in [0.2, 0.25) is 0 Å². The van der Waals surface area contributed by atoms with E-state index < -0.39 is 11.6 Å². The number of nitrogens with one attached hydrogen (secondary N) is 1. The zero-order valence-corrected chi connectivity index (χ0v) is 9.63. The topological polar surface area (TPSA) is 54.7 Å². The molecular formula is C12H15F2N3. The van der Waals surface area contributed by atoms with E-state index in [0.717, 1.165) is 24.4 Å². The Morgan fingerprint density at radius 1 is 1.35 bits per heavy atom. The molecule has 0 aliphatic carbocycles. The molecule has 0 radical (unpaired) electrons. The number of hydrogen-bond acceptors (Lipinski definition) is 2. The predicted octanol–water partition coefficient (Wildman–Crippen LogP) is 2.37. The minimum absolute atomic E-state index is 0.338. The molecule has 5 heteroatoms. The number of benzene rings is 1. The van der Waals surface area contributed by atoms with Crippen LogP contribution in [0.15, 0.2) is 12.1 Å². The van der Waals surface area contributed by atoms with E-state index in [1.54, 1.807) is 0 Å². The first-order valence-electron chi connectivity index (χ1n) is 5.67. The number of nitrogens with two attached hydrogens (primary N) is 1. The fraction of sp³-hybridized carbons (Fsp3) is 0.417. The second-order valence-electron chi connectivity index (χ2n) is 4.18. The maximum atomic E-state index is 13.0. The zero-order chi connectivity index (χ0) is 12.4. The molecule has 92 valence electrons. The van der Waals surface area contributed by atoms with E-state index in [9.17, 15) is 8.78 Å². The van der Waals surface area contributed by atoms with Gasteiger partial charge in [0.25, 0.3) is 0 Å². The second-order valence-corrected chi connectivity index (χ2v) is 4.18. The van der Waals surface area contributed by atoms with E-state index in [2.05, 4.69) is 16.9 Å². The Morgan fingerprint density at radius 3 is 2.71 bits per heavy atom. The van der Waals surface area contributed by atoms with Crippen molar-refractivity contribution in [3.05, 3.63) is 29.6 Å². The molecule has 1 unspecified atom stereocenters. The molecule has 0 amide bonds. The Labute approximate surface area is 98.0 Å². The van der Waals surface area contributed by atoms with Gasteiger partial charge in [-0.15, -0.1) is 0 Å². The molecule has 0 saturated heterocycles. The minimum atomic E-state index is -0.874. The zero-order valence-electron chi connectivity index (χ0n) is 9.63. The number of halogens is 2. The van der Waals surface area contributed by atoms with Crippen LogP contribution in [-0.4, -0.2) is 16.5 Å². The van der Waals surface area contributed by atoms with Gasteiger partial charge in [0, 0.05) is 18.6 Å². The van der Waals surface area contributed by atoms with Gasteiger partial charge in [-0.1, -0.05) is 13.3 Å². The molecule has 3 nitrogen and oxygen atoms in total. The summed E-state index contributed by atoms with van der Waals surface area (Å²) in [5.74, 6) is -0.674. The van der Waals surface area contributed by atoms with Crippen LogP contribution in [0.5, 0.6) is 0 Å². The van der Waals surface area contributed by atoms with Crippen molar-refractivity contribution in [2.24, 2.45) is 11.7 Å². The third-order valence-electron chi connectivity index (χ3n) is 2.97. The Balaban J connectivity index is 2.31. The number of aromatic nitrogens is 2. The van der Waals surface area contributed by atoms with E-state index >= 15 is 0 Å². The number of nitrogens with zero attached hydrogens (tertiary/aromatic N) is 1. The third kappa shape index (κ3) is 2.44. The molecule has 0 saturated carbocycles. The summed E-state index contributed by atoms with van der Waals surface area (Å²) < 4.78 is 26.0. The molecule has 1 heterocycles. The highest BCUT2D eigenvalue weighted by molar-refractivity contribution is 5.75. The van der Waals surface area contributed by atoms with Gasteiger partial charge in [0.2, 0.25) is 0 Å². The van der Waals surface area contributed by atoms with Gasteiger partial charge in [0.15, 0.2) is 11.6 Å².